The molecule has 2 rings (SSSR count). The fraction of sp³-hybridized carbons (Fsp3) is 0.696. The summed E-state index contributed by atoms with van der Waals surface area (Å²) in [5.74, 6) is 2.16. The molecule has 1 unspecified atom stereocenters. The number of morpholine rings is 1. The molecule has 0 aromatic heterocycles. The van der Waals surface area contributed by atoms with Gasteiger partial charge in [-0.3, -0.25) is 4.90 Å². The molecule has 1 heterocycles. The van der Waals surface area contributed by atoms with Gasteiger partial charge in [-0.25, -0.2) is 4.99 Å². The molecule has 1 aliphatic rings. The van der Waals surface area contributed by atoms with Crippen molar-refractivity contribution < 1.29 is 14.6 Å². The van der Waals surface area contributed by atoms with E-state index in [0.717, 1.165) is 82.5 Å². The summed E-state index contributed by atoms with van der Waals surface area (Å²) >= 11 is 0. The van der Waals surface area contributed by atoms with Gasteiger partial charge in [0.2, 0.25) is 0 Å². The van der Waals surface area contributed by atoms with Gasteiger partial charge in [-0.05, 0) is 31.7 Å². The number of nitrogens with one attached hydrogen (secondary N) is 2. The molecule has 30 heavy (non-hydrogen) atoms. The summed E-state index contributed by atoms with van der Waals surface area (Å²) in [6, 6.07) is 8.12. The normalized spacial score (nSPS) is 16.3. The van der Waals surface area contributed by atoms with E-state index in [1.54, 1.807) is 0 Å². The molecule has 7 heteroatoms. The summed E-state index contributed by atoms with van der Waals surface area (Å²) < 4.78 is 11.5. The van der Waals surface area contributed by atoms with Crippen LogP contribution in [0, 0.1) is 5.92 Å². The van der Waals surface area contributed by atoms with Gasteiger partial charge in [0.1, 0.15) is 12.4 Å². The van der Waals surface area contributed by atoms with Crippen LogP contribution in [-0.2, 0) is 11.3 Å². The highest BCUT2D eigenvalue weighted by Gasteiger charge is 2.11. The first kappa shape index (κ1) is 24.4. The fourth-order valence-corrected chi connectivity index (χ4v) is 3.57. The van der Waals surface area contributed by atoms with E-state index in [4.69, 9.17) is 14.5 Å². The molecule has 1 saturated heterocycles. The smallest absolute Gasteiger partial charge is 0.191 e. The van der Waals surface area contributed by atoms with Crippen molar-refractivity contribution in [3.05, 3.63) is 29.8 Å². The van der Waals surface area contributed by atoms with Gasteiger partial charge >= 0.3 is 0 Å². The van der Waals surface area contributed by atoms with Crippen LogP contribution in [0.25, 0.3) is 0 Å². The molecule has 1 aromatic rings. The first-order chi connectivity index (χ1) is 14.8. The largest absolute Gasteiger partial charge is 0.492 e. The van der Waals surface area contributed by atoms with E-state index in [9.17, 15) is 5.11 Å². The predicted molar refractivity (Wildman–Crippen MR) is 122 cm³/mol. The van der Waals surface area contributed by atoms with E-state index in [0.29, 0.717) is 19.1 Å². The number of aliphatic hydroxyl groups excluding tert-OH is 1. The molecule has 1 fully saturated rings. The first-order valence-corrected chi connectivity index (χ1v) is 11.4. The Balaban J connectivity index is 1.89. The number of hydrogen-bond acceptors (Lipinski definition) is 5. The Bertz CT molecular complexity index is 600. The van der Waals surface area contributed by atoms with Crippen LogP contribution < -0.4 is 15.4 Å². The number of hydrogen-bond donors (Lipinski definition) is 3. The van der Waals surface area contributed by atoms with Crippen LogP contribution in [0.3, 0.4) is 0 Å². The number of benzene rings is 1. The lowest BCUT2D eigenvalue weighted by Crippen LogP contribution is -2.40. The number of para-hydroxylation sites is 1. The van der Waals surface area contributed by atoms with Crippen molar-refractivity contribution in [1.82, 2.24) is 15.5 Å². The Kier molecular flexibility index (Phi) is 12.3. The minimum atomic E-state index is 0.231. The molecule has 1 aliphatic heterocycles. The monoisotopic (exact) mass is 420 g/mol. The second-order valence-corrected chi connectivity index (χ2v) is 7.65. The SMILES string of the molecule is CCCC(CCO)CNC(=NCc1ccccc1OCCN1CCOCC1)NCC. The third-order valence-electron chi connectivity index (χ3n) is 5.29. The van der Waals surface area contributed by atoms with Crippen LogP contribution in [0.15, 0.2) is 29.3 Å². The standard InChI is InChI=1S/C23H40N4O3/c1-3-7-20(10-14-28)18-25-23(24-4-2)26-19-21-8-5-6-9-22(21)30-17-13-27-11-15-29-16-12-27/h5-6,8-9,20,28H,3-4,7,10-19H2,1-2H3,(H2,24,25,26). The zero-order chi connectivity index (χ0) is 21.4. The number of rotatable bonds is 13. The highest BCUT2D eigenvalue weighted by molar-refractivity contribution is 5.79. The lowest BCUT2D eigenvalue weighted by molar-refractivity contribution is 0.0322. The summed E-state index contributed by atoms with van der Waals surface area (Å²) in [6.45, 7) is 11.8. The van der Waals surface area contributed by atoms with Crippen LogP contribution in [0.5, 0.6) is 5.75 Å². The van der Waals surface area contributed by atoms with Gasteiger partial charge in [0.05, 0.1) is 19.8 Å². The van der Waals surface area contributed by atoms with Gasteiger partial charge in [0, 0.05) is 44.9 Å². The van der Waals surface area contributed by atoms with Crippen molar-refractivity contribution in [2.75, 3.05) is 59.2 Å². The predicted octanol–water partition coefficient (Wildman–Crippen LogP) is 2.25. The van der Waals surface area contributed by atoms with Gasteiger partial charge in [-0.15, -0.1) is 0 Å². The van der Waals surface area contributed by atoms with Crippen molar-refractivity contribution in [2.45, 2.75) is 39.7 Å². The van der Waals surface area contributed by atoms with Crippen LogP contribution in [0.4, 0.5) is 0 Å². The zero-order valence-electron chi connectivity index (χ0n) is 18.7. The third-order valence-corrected chi connectivity index (χ3v) is 5.29. The Morgan fingerprint density at radius 3 is 2.73 bits per heavy atom. The molecular formula is C23H40N4O3. The van der Waals surface area contributed by atoms with E-state index in [2.05, 4.69) is 35.4 Å². The maximum absolute atomic E-state index is 9.27. The van der Waals surface area contributed by atoms with Crippen molar-refractivity contribution >= 4 is 5.96 Å². The Hall–Kier alpha value is -1.83. The Labute approximate surface area is 181 Å². The van der Waals surface area contributed by atoms with E-state index in [1.165, 1.54) is 0 Å². The van der Waals surface area contributed by atoms with E-state index in [-0.39, 0.29) is 6.61 Å². The first-order valence-electron chi connectivity index (χ1n) is 11.4. The second-order valence-electron chi connectivity index (χ2n) is 7.65. The molecule has 0 bridgehead atoms. The van der Waals surface area contributed by atoms with Gasteiger partial charge in [-0.1, -0.05) is 31.5 Å². The van der Waals surface area contributed by atoms with Crippen molar-refractivity contribution in [1.29, 1.82) is 0 Å². The minimum absolute atomic E-state index is 0.231. The molecule has 3 N–H and O–H groups in total. The Morgan fingerprint density at radius 1 is 1.20 bits per heavy atom. The lowest BCUT2D eigenvalue weighted by Gasteiger charge is -2.26. The average Bonchev–Trinajstić information content (AvgIpc) is 2.77. The zero-order valence-corrected chi connectivity index (χ0v) is 18.7. The van der Waals surface area contributed by atoms with Crippen molar-refractivity contribution in [2.24, 2.45) is 10.9 Å². The highest BCUT2D eigenvalue weighted by Crippen LogP contribution is 2.19. The lowest BCUT2D eigenvalue weighted by atomic mass is 10.0. The molecule has 0 aliphatic carbocycles. The van der Waals surface area contributed by atoms with Crippen LogP contribution in [-0.4, -0.2) is 75.1 Å². The van der Waals surface area contributed by atoms with E-state index < -0.39 is 0 Å². The van der Waals surface area contributed by atoms with Crippen molar-refractivity contribution in [3.63, 3.8) is 0 Å². The van der Waals surface area contributed by atoms with E-state index >= 15 is 0 Å². The molecule has 0 radical (unpaired) electrons. The fourth-order valence-electron chi connectivity index (χ4n) is 3.57. The van der Waals surface area contributed by atoms with Crippen LogP contribution in [0.2, 0.25) is 0 Å². The quantitative estimate of drug-likeness (QED) is 0.336. The third kappa shape index (κ3) is 9.32. The molecule has 0 amide bonds. The molecule has 1 aromatic carbocycles. The number of ether oxygens (including phenoxy) is 2. The van der Waals surface area contributed by atoms with Gasteiger partial charge in [0.15, 0.2) is 5.96 Å². The maximum atomic E-state index is 9.27. The van der Waals surface area contributed by atoms with Crippen molar-refractivity contribution in [3.8, 4) is 5.75 Å². The number of aliphatic imine (C=N–C) groups is 1. The van der Waals surface area contributed by atoms with Gasteiger partial charge in [-0.2, -0.15) is 0 Å². The summed E-state index contributed by atoms with van der Waals surface area (Å²) in [6.07, 6.45) is 3.04. The topological polar surface area (TPSA) is 78.3 Å². The Morgan fingerprint density at radius 2 is 2.00 bits per heavy atom. The number of guanidine groups is 1. The second kappa shape index (κ2) is 15.0. The van der Waals surface area contributed by atoms with Crippen LogP contribution >= 0.6 is 0 Å². The number of aliphatic hydroxyl groups is 1. The summed E-state index contributed by atoms with van der Waals surface area (Å²) in [7, 11) is 0. The van der Waals surface area contributed by atoms with Gasteiger partial charge < -0.3 is 25.2 Å². The minimum Gasteiger partial charge on any atom is -0.492 e. The molecule has 170 valence electrons. The molecule has 1 atom stereocenters. The summed E-state index contributed by atoms with van der Waals surface area (Å²) in [4.78, 5) is 7.13. The van der Waals surface area contributed by atoms with Gasteiger partial charge in [0.25, 0.3) is 0 Å². The highest BCUT2D eigenvalue weighted by atomic mass is 16.5. The summed E-state index contributed by atoms with van der Waals surface area (Å²) in [5.41, 5.74) is 1.08. The molecule has 7 nitrogen and oxygen atoms in total. The average molecular weight is 421 g/mol. The van der Waals surface area contributed by atoms with Crippen LogP contribution in [0.1, 0.15) is 38.7 Å². The molecular weight excluding hydrogens is 380 g/mol. The van der Waals surface area contributed by atoms with E-state index in [1.807, 2.05) is 18.2 Å². The number of nitrogens with zero attached hydrogens (tertiary/aromatic N) is 2. The molecule has 0 saturated carbocycles. The molecule has 0 spiro atoms. The maximum Gasteiger partial charge on any atom is 0.191 e. The summed E-state index contributed by atoms with van der Waals surface area (Å²) in [5, 5.41) is 16.0.